The van der Waals surface area contributed by atoms with Crippen LogP contribution in [0.5, 0.6) is 0 Å². The number of hydrogen-bond acceptors (Lipinski definition) is 9. The quantitative estimate of drug-likeness (QED) is 0.523. The third kappa shape index (κ3) is 4.23. The number of hydrogen-bond donors (Lipinski definition) is 3. The van der Waals surface area contributed by atoms with E-state index in [2.05, 4.69) is 61.9 Å². The van der Waals surface area contributed by atoms with Crippen LogP contribution < -0.4 is 20.9 Å². The number of rotatable bonds is 5. The van der Waals surface area contributed by atoms with Gasteiger partial charge in [-0.1, -0.05) is 11.6 Å². The number of nitrogens with zero attached hydrogens (tertiary/aromatic N) is 7. The highest BCUT2D eigenvalue weighted by molar-refractivity contribution is 6.36. The predicted molar refractivity (Wildman–Crippen MR) is 126 cm³/mol. The molecule has 2 aromatic heterocycles. The number of benzene rings is 1. The van der Waals surface area contributed by atoms with Gasteiger partial charge < -0.3 is 20.9 Å². The molecule has 0 unspecified atom stereocenters. The summed E-state index contributed by atoms with van der Waals surface area (Å²) < 4.78 is 1.53. The van der Waals surface area contributed by atoms with Crippen LogP contribution in [0.2, 0.25) is 5.02 Å². The lowest BCUT2D eigenvalue weighted by Gasteiger charge is -2.38. The molecule has 3 heterocycles. The van der Waals surface area contributed by atoms with Gasteiger partial charge in [-0.15, -0.1) is 0 Å². The molecule has 5 rings (SSSR count). The SMILES string of the molecule is C[C@H]1CN(c2cc(C#N)cc(Nc3nc(NC4CC4)n4ncc(C#N)c4n3)c2Cl)C[C@H](C)N1. The maximum absolute atomic E-state index is 9.64. The zero-order chi connectivity index (χ0) is 23.1. The second-order valence-corrected chi connectivity index (χ2v) is 9.04. The summed E-state index contributed by atoms with van der Waals surface area (Å²) in [6.45, 7) is 5.80. The number of nitriles is 2. The highest BCUT2D eigenvalue weighted by atomic mass is 35.5. The molecule has 33 heavy (non-hydrogen) atoms. The number of halogens is 1. The monoisotopic (exact) mass is 462 g/mol. The van der Waals surface area contributed by atoms with E-state index < -0.39 is 0 Å². The average Bonchev–Trinajstić information content (AvgIpc) is 3.50. The van der Waals surface area contributed by atoms with Gasteiger partial charge in [-0.2, -0.15) is 30.1 Å². The van der Waals surface area contributed by atoms with Gasteiger partial charge in [0.2, 0.25) is 11.9 Å². The Morgan fingerprint density at radius 1 is 1.12 bits per heavy atom. The molecule has 10 nitrogen and oxygen atoms in total. The fourth-order valence-corrected chi connectivity index (χ4v) is 4.43. The molecule has 11 heteroatoms. The molecule has 1 aromatic carbocycles. The molecule has 3 aromatic rings. The molecular formula is C22H23ClN10. The van der Waals surface area contributed by atoms with E-state index in [0.29, 0.717) is 51.6 Å². The Balaban J connectivity index is 1.55. The summed E-state index contributed by atoms with van der Waals surface area (Å²) in [5, 5.41) is 33.8. The molecule has 2 aliphatic rings. The number of nitrogens with one attached hydrogen (secondary N) is 3. The molecule has 2 atom stereocenters. The van der Waals surface area contributed by atoms with Crippen LogP contribution in [-0.4, -0.2) is 50.8 Å². The van der Waals surface area contributed by atoms with Gasteiger partial charge >= 0.3 is 0 Å². The standard InChI is InChI=1S/C22H23ClN10/c1-12-10-32(11-13(2)27-12)18-6-14(7-24)5-17(19(18)23)29-21-30-20-15(8-25)9-26-33(20)22(31-21)28-16-3-4-16/h5-6,9,12-13,16,27H,3-4,10-11H2,1-2H3,(H2,28,29,30,31)/t12-,13-/m0/s1. The first-order chi connectivity index (χ1) is 15.9. The minimum Gasteiger partial charge on any atom is -0.367 e. The van der Waals surface area contributed by atoms with Crippen molar-refractivity contribution in [3.05, 3.63) is 34.5 Å². The Bertz CT molecular complexity index is 1290. The van der Waals surface area contributed by atoms with E-state index in [1.54, 1.807) is 6.07 Å². The molecular weight excluding hydrogens is 440 g/mol. The van der Waals surface area contributed by atoms with E-state index in [1.807, 2.05) is 6.07 Å². The van der Waals surface area contributed by atoms with Crippen LogP contribution in [-0.2, 0) is 0 Å². The lowest BCUT2D eigenvalue weighted by Crippen LogP contribution is -2.54. The Morgan fingerprint density at radius 3 is 2.55 bits per heavy atom. The number of anilines is 4. The van der Waals surface area contributed by atoms with E-state index >= 15 is 0 Å². The van der Waals surface area contributed by atoms with Crippen LogP contribution in [0.3, 0.4) is 0 Å². The molecule has 168 valence electrons. The van der Waals surface area contributed by atoms with Crippen LogP contribution in [0, 0.1) is 22.7 Å². The van der Waals surface area contributed by atoms with Gasteiger partial charge in [-0.25, -0.2) is 0 Å². The van der Waals surface area contributed by atoms with Crippen LogP contribution >= 0.6 is 11.6 Å². The van der Waals surface area contributed by atoms with Crippen LogP contribution in [0.25, 0.3) is 5.65 Å². The van der Waals surface area contributed by atoms with Crippen LogP contribution in [0.4, 0.5) is 23.3 Å². The summed E-state index contributed by atoms with van der Waals surface area (Å²) >= 11 is 6.83. The van der Waals surface area contributed by atoms with E-state index in [4.69, 9.17) is 11.6 Å². The van der Waals surface area contributed by atoms with E-state index in [1.165, 1.54) is 10.7 Å². The van der Waals surface area contributed by atoms with Gasteiger partial charge in [0.1, 0.15) is 11.6 Å². The van der Waals surface area contributed by atoms with Crippen LogP contribution in [0.1, 0.15) is 37.8 Å². The number of aromatic nitrogens is 4. The van der Waals surface area contributed by atoms with Crippen molar-refractivity contribution >= 4 is 40.5 Å². The first-order valence-electron chi connectivity index (χ1n) is 10.9. The number of fused-ring (bicyclic) bond motifs is 1. The molecule has 2 fully saturated rings. The van der Waals surface area contributed by atoms with Crippen molar-refractivity contribution in [2.75, 3.05) is 28.6 Å². The van der Waals surface area contributed by atoms with Gasteiger partial charge in [0.25, 0.3) is 0 Å². The zero-order valence-corrected chi connectivity index (χ0v) is 19.1. The summed E-state index contributed by atoms with van der Waals surface area (Å²) in [5.74, 6) is 0.775. The molecule has 1 saturated heterocycles. The Kier molecular flexibility index (Phi) is 5.41. The lowest BCUT2D eigenvalue weighted by molar-refractivity contribution is 0.407. The predicted octanol–water partition coefficient (Wildman–Crippen LogP) is 3.03. The summed E-state index contributed by atoms with van der Waals surface area (Å²) in [4.78, 5) is 11.3. The van der Waals surface area contributed by atoms with E-state index in [-0.39, 0.29) is 5.95 Å². The molecule has 1 aliphatic heterocycles. The molecule has 0 radical (unpaired) electrons. The Morgan fingerprint density at radius 2 is 1.88 bits per heavy atom. The Labute approximate surface area is 196 Å². The molecule has 3 N–H and O–H groups in total. The number of piperazine rings is 1. The maximum Gasteiger partial charge on any atom is 0.232 e. The van der Waals surface area contributed by atoms with E-state index in [9.17, 15) is 10.5 Å². The van der Waals surface area contributed by atoms with Crippen molar-refractivity contribution < 1.29 is 0 Å². The fourth-order valence-electron chi connectivity index (χ4n) is 4.15. The van der Waals surface area contributed by atoms with Crippen molar-refractivity contribution in [3.63, 3.8) is 0 Å². The zero-order valence-electron chi connectivity index (χ0n) is 18.3. The highest BCUT2D eigenvalue weighted by Gasteiger charge is 2.26. The van der Waals surface area contributed by atoms with Gasteiger partial charge in [-0.3, -0.25) is 0 Å². The summed E-state index contributed by atoms with van der Waals surface area (Å²) in [6.07, 6.45) is 3.59. The van der Waals surface area contributed by atoms with Gasteiger partial charge in [0.05, 0.1) is 34.2 Å². The normalized spacial score (nSPS) is 20.3. The molecule has 0 bridgehead atoms. The topological polar surface area (TPSA) is 130 Å². The second-order valence-electron chi connectivity index (χ2n) is 8.66. The highest BCUT2D eigenvalue weighted by Crippen LogP contribution is 2.37. The molecule has 1 aliphatic carbocycles. The van der Waals surface area contributed by atoms with Crippen molar-refractivity contribution in [1.29, 1.82) is 10.5 Å². The summed E-state index contributed by atoms with van der Waals surface area (Å²) in [6, 6.07) is 8.75. The van der Waals surface area contributed by atoms with E-state index in [0.717, 1.165) is 31.6 Å². The minimum atomic E-state index is 0.271. The summed E-state index contributed by atoms with van der Waals surface area (Å²) in [5.41, 5.74) is 2.55. The Hall–Kier alpha value is -3.60. The van der Waals surface area contributed by atoms with Crippen molar-refractivity contribution in [2.24, 2.45) is 0 Å². The van der Waals surface area contributed by atoms with Crippen molar-refractivity contribution in [1.82, 2.24) is 24.9 Å². The van der Waals surface area contributed by atoms with Gasteiger partial charge in [-0.05, 0) is 38.8 Å². The fraction of sp³-hybridized carbons (Fsp3) is 0.409. The maximum atomic E-state index is 9.64. The van der Waals surface area contributed by atoms with Gasteiger partial charge in [0.15, 0.2) is 5.65 Å². The average molecular weight is 463 g/mol. The lowest BCUT2D eigenvalue weighted by atomic mass is 10.1. The van der Waals surface area contributed by atoms with Crippen molar-refractivity contribution in [2.45, 2.75) is 44.8 Å². The third-order valence-corrected chi connectivity index (χ3v) is 6.12. The van der Waals surface area contributed by atoms with Gasteiger partial charge in [0, 0.05) is 31.2 Å². The first-order valence-corrected chi connectivity index (χ1v) is 11.3. The largest absolute Gasteiger partial charge is 0.367 e. The molecule has 0 amide bonds. The smallest absolute Gasteiger partial charge is 0.232 e. The van der Waals surface area contributed by atoms with Crippen molar-refractivity contribution in [3.8, 4) is 12.1 Å². The molecule has 0 spiro atoms. The summed E-state index contributed by atoms with van der Waals surface area (Å²) in [7, 11) is 0. The molecule has 1 saturated carbocycles. The second kappa shape index (κ2) is 8.39. The first kappa shape index (κ1) is 21.3. The minimum absolute atomic E-state index is 0.271. The van der Waals surface area contributed by atoms with Crippen LogP contribution in [0.15, 0.2) is 18.3 Å². The third-order valence-electron chi connectivity index (χ3n) is 5.73.